The first kappa shape index (κ1) is 27.3. The molecule has 29 heavy (non-hydrogen) atoms. The summed E-state index contributed by atoms with van der Waals surface area (Å²) < 4.78 is 0. The Kier molecular flexibility index (Phi) is 18.5. The molecule has 0 rings (SSSR count). The van der Waals surface area contributed by atoms with E-state index in [1.54, 1.807) is 6.92 Å². The molecule has 0 bridgehead atoms. The summed E-state index contributed by atoms with van der Waals surface area (Å²) in [6.45, 7) is 8.91. The number of hydrogen-bond acceptors (Lipinski definition) is 4. The van der Waals surface area contributed by atoms with Crippen molar-refractivity contribution in [1.29, 1.82) is 0 Å². The third-order valence-corrected chi connectivity index (χ3v) is 4.34. The number of carbonyl (C=O) groups is 2. The van der Waals surface area contributed by atoms with Crippen molar-refractivity contribution in [3.8, 4) is 0 Å². The molecule has 0 fully saturated rings. The van der Waals surface area contributed by atoms with Crippen LogP contribution in [0.15, 0.2) is 24.3 Å². The minimum atomic E-state index is -0.450. The van der Waals surface area contributed by atoms with E-state index in [0.717, 1.165) is 38.5 Å². The lowest BCUT2D eigenvalue weighted by atomic mass is 10.2. The molecule has 0 saturated carbocycles. The highest BCUT2D eigenvalue weighted by Crippen LogP contribution is 1.97. The number of allylic oxidation sites excluding steroid dienone is 4. The largest absolute Gasteiger partial charge is 0.392 e. The number of hydrogen-bond donors (Lipinski definition) is 3. The molecule has 0 aromatic heterocycles. The minimum absolute atomic E-state index is 0.0487. The van der Waals surface area contributed by atoms with Crippen molar-refractivity contribution in [3.05, 3.63) is 24.3 Å². The summed E-state index contributed by atoms with van der Waals surface area (Å²) >= 11 is 0. The molecule has 168 valence electrons. The van der Waals surface area contributed by atoms with Crippen LogP contribution in [0.5, 0.6) is 0 Å². The smallest absolute Gasteiger partial charge is 0.220 e. The van der Waals surface area contributed by atoms with Crippen LogP contribution < -0.4 is 10.6 Å². The second kappa shape index (κ2) is 19.6. The number of carbonyl (C=O) groups excluding carboxylic acids is 2. The standard InChI is InChI=1S/C23H43N3O3/c1-4-6-8-10-12-14-22(28)24-16-18-26(20-21(3)27)19-17-25-23(29)15-13-11-9-7-5-2/h8-11,21,27H,4-7,12-20H2,1-3H3,(H,24,28)(H,25,29)/b10-8+,11-9+. The van der Waals surface area contributed by atoms with Crippen LogP contribution in [-0.4, -0.2) is 60.6 Å². The van der Waals surface area contributed by atoms with E-state index < -0.39 is 6.10 Å². The van der Waals surface area contributed by atoms with Crippen LogP contribution in [-0.2, 0) is 9.59 Å². The van der Waals surface area contributed by atoms with E-state index >= 15 is 0 Å². The second-order valence-electron chi connectivity index (χ2n) is 7.45. The van der Waals surface area contributed by atoms with Crippen molar-refractivity contribution in [3.63, 3.8) is 0 Å². The van der Waals surface area contributed by atoms with E-state index in [4.69, 9.17) is 0 Å². The van der Waals surface area contributed by atoms with Gasteiger partial charge in [0.1, 0.15) is 0 Å². The molecule has 0 radical (unpaired) electrons. The fraction of sp³-hybridized carbons (Fsp3) is 0.739. The number of nitrogens with zero attached hydrogens (tertiary/aromatic N) is 1. The first-order chi connectivity index (χ1) is 14.0. The molecule has 6 nitrogen and oxygen atoms in total. The monoisotopic (exact) mass is 409 g/mol. The quantitative estimate of drug-likeness (QED) is 0.304. The fourth-order valence-electron chi connectivity index (χ4n) is 2.79. The van der Waals surface area contributed by atoms with E-state index in [9.17, 15) is 14.7 Å². The zero-order chi connectivity index (χ0) is 21.7. The van der Waals surface area contributed by atoms with Gasteiger partial charge in [-0.2, -0.15) is 0 Å². The van der Waals surface area contributed by atoms with Crippen molar-refractivity contribution in [1.82, 2.24) is 15.5 Å². The lowest BCUT2D eigenvalue weighted by molar-refractivity contribution is -0.121. The Morgan fingerprint density at radius 1 is 0.828 bits per heavy atom. The topological polar surface area (TPSA) is 81.7 Å². The van der Waals surface area contributed by atoms with Gasteiger partial charge in [-0.05, 0) is 32.6 Å². The maximum Gasteiger partial charge on any atom is 0.220 e. The lowest BCUT2D eigenvalue weighted by Gasteiger charge is -2.24. The molecule has 0 aliphatic carbocycles. The Labute approximate surface area is 177 Å². The Bertz CT molecular complexity index is 438. The number of aliphatic hydroxyl groups excluding tert-OH is 1. The van der Waals surface area contributed by atoms with Gasteiger partial charge in [-0.15, -0.1) is 0 Å². The molecule has 1 unspecified atom stereocenters. The Morgan fingerprint density at radius 2 is 1.24 bits per heavy atom. The summed E-state index contributed by atoms with van der Waals surface area (Å²) in [7, 11) is 0. The zero-order valence-corrected chi connectivity index (χ0v) is 18.8. The first-order valence-corrected chi connectivity index (χ1v) is 11.2. The SMILES string of the molecule is CCC/C=C/CCC(=O)NCCN(CCNC(=O)CC/C=C/CCC)CC(C)O. The molecular weight excluding hydrogens is 366 g/mol. The number of nitrogens with one attached hydrogen (secondary N) is 2. The Balaban J connectivity index is 4.01. The second-order valence-corrected chi connectivity index (χ2v) is 7.45. The maximum absolute atomic E-state index is 11.9. The normalized spacial score (nSPS) is 12.7. The van der Waals surface area contributed by atoms with Gasteiger partial charge in [0.2, 0.25) is 11.8 Å². The molecule has 0 aromatic carbocycles. The highest BCUT2D eigenvalue weighted by atomic mass is 16.3. The lowest BCUT2D eigenvalue weighted by Crippen LogP contribution is -2.42. The average molecular weight is 410 g/mol. The highest BCUT2D eigenvalue weighted by molar-refractivity contribution is 5.76. The van der Waals surface area contributed by atoms with Gasteiger partial charge in [0.05, 0.1) is 6.10 Å². The van der Waals surface area contributed by atoms with E-state index in [-0.39, 0.29) is 11.8 Å². The van der Waals surface area contributed by atoms with E-state index in [2.05, 4.69) is 53.7 Å². The average Bonchev–Trinajstić information content (AvgIpc) is 2.67. The van der Waals surface area contributed by atoms with Crippen LogP contribution in [0, 0.1) is 0 Å². The van der Waals surface area contributed by atoms with Crippen LogP contribution >= 0.6 is 0 Å². The summed E-state index contributed by atoms with van der Waals surface area (Å²) in [5, 5.41) is 15.5. The Hall–Kier alpha value is -1.66. The summed E-state index contributed by atoms with van der Waals surface area (Å²) in [5.74, 6) is 0.0974. The number of unbranched alkanes of at least 4 members (excludes halogenated alkanes) is 2. The molecule has 0 aliphatic rings. The summed E-state index contributed by atoms with van der Waals surface area (Å²) in [6.07, 6.45) is 14.8. The molecule has 0 aromatic rings. The zero-order valence-electron chi connectivity index (χ0n) is 18.8. The van der Waals surface area contributed by atoms with Crippen molar-refractivity contribution >= 4 is 11.8 Å². The van der Waals surface area contributed by atoms with Gasteiger partial charge in [-0.3, -0.25) is 14.5 Å². The van der Waals surface area contributed by atoms with Gasteiger partial charge in [0.25, 0.3) is 0 Å². The molecule has 0 aliphatic heterocycles. The predicted molar refractivity (Wildman–Crippen MR) is 121 cm³/mol. The molecule has 6 heteroatoms. The fourth-order valence-corrected chi connectivity index (χ4v) is 2.79. The number of rotatable bonds is 18. The molecule has 3 N–H and O–H groups in total. The first-order valence-electron chi connectivity index (χ1n) is 11.2. The summed E-state index contributed by atoms with van der Waals surface area (Å²) in [6, 6.07) is 0. The van der Waals surface area contributed by atoms with Crippen LogP contribution in [0.2, 0.25) is 0 Å². The van der Waals surface area contributed by atoms with Gasteiger partial charge in [-0.25, -0.2) is 0 Å². The van der Waals surface area contributed by atoms with Gasteiger partial charge in [0.15, 0.2) is 0 Å². The third-order valence-electron chi connectivity index (χ3n) is 4.34. The summed E-state index contributed by atoms with van der Waals surface area (Å²) in [4.78, 5) is 25.8. The van der Waals surface area contributed by atoms with Crippen LogP contribution in [0.25, 0.3) is 0 Å². The predicted octanol–water partition coefficient (Wildman–Crippen LogP) is 3.17. The van der Waals surface area contributed by atoms with Gasteiger partial charge < -0.3 is 15.7 Å². The van der Waals surface area contributed by atoms with E-state index in [1.807, 2.05) is 0 Å². The molecule has 0 saturated heterocycles. The van der Waals surface area contributed by atoms with E-state index in [1.165, 1.54) is 0 Å². The van der Waals surface area contributed by atoms with Crippen LogP contribution in [0.1, 0.15) is 72.1 Å². The van der Waals surface area contributed by atoms with Gasteiger partial charge >= 0.3 is 0 Å². The molecule has 2 amide bonds. The van der Waals surface area contributed by atoms with Gasteiger partial charge in [-0.1, -0.05) is 51.0 Å². The molecular formula is C23H43N3O3. The minimum Gasteiger partial charge on any atom is -0.392 e. The van der Waals surface area contributed by atoms with Crippen LogP contribution in [0.3, 0.4) is 0 Å². The maximum atomic E-state index is 11.9. The van der Waals surface area contributed by atoms with E-state index in [0.29, 0.717) is 45.6 Å². The third kappa shape index (κ3) is 19.4. The molecule has 0 heterocycles. The number of aliphatic hydroxyl groups is 1. The Morgan fingerprint density at radius 3 is 1.62 bits per heavy atom. The van der Waals surface area contributed by atoms with Crippen molar-refractivity contribution in [2.75, 3.05) is 32.7 Å². The van der Waals surface area contributed by atoms with Crippen molar-refractivity contribution in [2.45, 2.75) is 78.2 Å². The summed E-state index contributed by atoms with van der Waals surface area (Å²) in [5.41, 5.74) is 0. The molecule has 0 spiro atoms. The highest BCUT2D eigenvalue weighted by Gasteiger charge is 2.09. The van der Waals surface area contributed by atoms with Crippen LogP contribution in [0.4, 0.5) is 0 Å². The number of amides is 2. The van der Waals surface area contributed by atoms with Gasteiger partial charge in [0, 0.05) is 45.6 Å². The molecule has 1 atom stereocenters. The van der Waals surface area contributed by atoms with Crippen molar-refractivity contribution in [2.24, 2.45) is 0 Å². The van der Waals surface area contributed by atoms with Crippen molar-refractivity contribution < 1.29 is 14.7 Å².